The normalized spacial score (nSPS) is 10.2. The van der Waals surface area contributed by atoms with Crippen molar-refractivity contribution in [2.24, 2.45) is 5.73 Å². The molecule has 0 aromatic heterocycles. The van der Waals surface area contributed by atoms with Crippen LogP contribution in [0.3, 0.4) is 0 Å². The number of nitrogens with two attached hydrogens (primary N) is 1. The van der Waals surface area contributed by atoms with Crippen molar-refractivity contribution in [3.63, 3.8) is 0 Å². The van der Waals surface area contributed by atoms with E-state index in [0.29, 0.717) is 6.54 Å². The second kappa shape index (κ2) is 6.26. The van der Waals surface area contributed by atoms with Gasteiger partial charge in [0.25, 0.3) is 0 Å². The maximum absolute atomic E-state index is 10.7. The number of primary amides is 1. The molecule has 3 N–H and O–H groups in total. The van der Waals surface area contributed by atoms with Gasteiger partial charge in [-0.25, -0.2) is 0 Å². The molecule has 0 aliphatic rings. The van der Waals surface area contributed by atoms with Crippen LogP contribution in [0.5, 0.6) is 11.5 Å². The third-order valence-corrected chi connectivity index (χ3v) is 2.91. The van der Waals surface area contributed by atoms with E-state index in [2.05, 4.69) is 5.32 Å². The summed E-state index contributed by atoms with van der Waals surface area (Å²) in [6.45, 7) is 4.60. The van der Waals surface area contributed by atoms with Gasteiger partial charge in [0.15, 0.2) is 0 Å². The Balaban J connectivity index is 3.01. The zero-order chi connectivity index (χ0) is 13.7. The summed E-state index contributed by atoms with van der Waals surface area (Å²) in [5, 5.41) is 2.96. The molecule has 0 aliphatic carbocycles. The van der Waals surface area contributed by atoms with Crippen LogP contribution in [0.2, 0.25) is 0 Å². The van der Waals surface area contributed by atoms with Gasteiger partial charge in [0.2, 0.25) is 5.91 Å². The highest BCUT2D eigenvalue weighted by Crippen LogP contribution is 2.33. The molecule has 0 bridgehead atoms. The number of nitrogens with one attached hydrogen (secondary N) is 1. The number of carbonyl (C=O) groups excluding carboxylic acids is 1. The Kier molecular flexibility index (Phi) is 4.97. The first-order valence-corrected chi connectivity index (χ1v) is 5.71. The van der Waals surface area contributed by atoms with Crippen LogP contribution in [0.4, 0.5) is 0 Å². The maximum Gasteiger partial charge on any atom is 0.231 e. The van der Waals surface area contributed by atoms with Crippen molar-refractivity contribution in [1.82, 2.24) is 5.32 Å². The summed E-state index contributed by atoms with van der Waals surface area (Å²) < 4.78 is 10.7. The number of hydrogen-bond acceptors (Lipinski definition) is 4. The van der Waals surface area contributed by atoms with Crippen LogP contribution in [0.15, 0.2) is 6.07 Å². The first-order valence-electron chi connectivity index (χ1n) is 5.71. The Labute approximate surface area is 107 Å². The lowest BCUT2D eigenvalue weighted by Crippen LogP contribution is -2.28. The number of amides is 1. The van der Waals surface area contributed by atoms with Crippen molar-refractivity contribution in [1.29, 1.82) is 0 Å². The third-order valence-electron chi connectivity index (χ3n) is 2.91. The molecule has 0 unspecified atom stereocenters. The number of carbonyl (C=O) groups is 1. The summed E-state index contributed by atoms with van der Waals surface area (Å²) in [6, 6.07) is 1.91. The Morgan fingerprint density at radius 1 is 1.28 bits per heavy atom. The minimum Gasteiger partial charge on any atom is -0.496 e. The van der Waals surface area contributed by atoms with Gasteiger partial charge in [-0.15, -0.1) is 0 Å². The van der Waals surface area contributed by atoms with Gasteiger partial charge >= 0.3 is 0 Å². The Morgan fingerprint density at radius 3 is 2.44 bits per heavy atom. The predicted molar refractivity (Wildman–Crippen MR) is 69.9 cm³/mol. The van der Waals surface area contributed by atoms with Crippen molar-refractivity contribution in [3.8, 4) is 11.5 Å². The second-order valence-corrected chi connectivity index (χ2v) is 4.09. The molecule has 18 heavy (non-hydrogen) atoms. The van der Waals surface area contributed by atoms with Crippen LogP contribution in [-0.2, 0) is 11.3 Å². The van der Waals surface area contributed by atoms with E-state index in [1.54, 1.807) is 14.2 Å². The summed E-state index contributed by atoms with van der Waals surface area (Å²) in [4.78, 5) is 10.7. The van der Waals surface area contributed by atoms with E-state index in [0.717, 1.165) is 28.2 Å². The summed E-state index contributed by atoms with van der Waals surface area (Å²) in [5.74, 6) is 1.24. The van der Waals surface area contributed by atoms with Gasteiger partial charge in [0.05, 0.1) is 20.8 Å². The average Bonchev–Trinajstić information content (AvgIpc) is 2.33. The van der Waals surface area contributed by atoms with Gasteiger partial charge in [-0.2, -0.15) is 0 Å². The predicted octanol–water partition coefficient (Wildman–Crippen LogP) is 0.896. The highest BCUT2D eigenvalue weighted by molar-refractivity contribution is 5.75. The Bertz CT molecular complexity index is 444. The summed E-state index contributed by atoms with van der Waals surface area (Å²) in [5.41, 5.74) is 8.11. The SMILES string of the molecule is COc1cc(CNCC(N)=O)c(OC)c(C)c1C. The Hall–Kier alpha value is -1.75. The molecule has 0 saturated carbocycles. The van der Waals surface area contributed by atoms with Gasteiger partial charge < -0.3 is 20.5 Å². The van der Waals surface area contributed by atoms with Gasteiger partial charge in [0, 0.05) is 12.1 Å². The average molecular weight is 252 g/mol. The maximum atomic E-state index is 10.7. The molecule has 0 atom stereocenters. The highest BCUT2D eigenvalue weighted by atomic mass is 16.5. The van der Waals surface area contributed by atoms with Gasteiger partial charge in [-0.3, -0.25) is 4.79 Å². The molecule has 1 aromatic carbocycles. The van der Waals surface area contributed by atoms with Gasteiger partial charge in [0.1, 0.15) is 11.5 Å². The van der Waals surface area contributed by atoms with E-state index >= 15 is 0 Å². The molecule has 1 rings (SSSR count). The molecule has 1 amide bonds. The second-order valence-electron chi connectivity index (χ2n) is 4.09. The molecule has 0 spiro atoms. The van der Waals surface area contributed by atoms with E-state index in [1.807, 2.05) is 19.9 Å². The van der Waals surface area contributed by atoms with Crippen LogP contribution >= 0.6 is 0 Å². The fourth-order valence-corrected chi connectivity index (χ4v) is 1.88. The van der Waals surface area contributed by atoms with Crippen molar-refractivity contribution in [3.05, 3.63) is 22.8 Å². The number of hydrogen-bond donors (Lipinski definition) is 2. The zero-order valence-corrected chi connectivity index (χ0v) is 11.3. The van der Waals surface area contributed by atoms with Crippen LogP contribution in [0.25, 0.3) is 0 Å². The lowest BCUT2D eigenvalue weighted by atomic mass is 10.0. The molecule has 0 radical (unpaired) electrons. The quantitative estimate of drug-likeness (QED) is 0.788. The lowest BCUT2D eigenvalue weighted by Gasteiger charge is -2.17. The highest BCUT2D eigenvalue weighted by Gasteiger charge is 2.13. The van der Waals surface area contributed by atoms with Crippen LogP contribution in [-0.4, -0.2) is 26.7 Å². The van der Waals surface area contributed by atoms with Crippen LogP contribution in [0.1, 0.15) is 16.7 Å². The largest absolute Gasteiger partial charge is 0.496 e. The zero-order valence-electron chi connectivity index (χ0n) is 11.3. The molecule has 0 saturated heterocycles. The van der Waals surface area contributed by atoms with E-state index in [4.69, 9.17) is 15.2 Å². The van der Waals surface area contributed by atoms with Crippen molar-refractivity contribution < 1.29 is 14.3 Å². The van der Waals surface area contributed by atoms with Gasteiger partial charge in [-0.05, 0) is 31.0 Å². The molecule has 0 fully saturated rings. The van der Waals surface area contributed by atoms with E-state index in [-0.39, 0.29) is 12.5 Å². The molecule has 0 heterocycles. The minimum absolute atomic E-state index is 0.137. The molecule has 0 aliphatic heterocycles. The Morgan fingerprint density at radius 2 is 1.94 bits per heavy atom. The van der Waals surface area contributed by atoms with Crippen LogP contribution < -0.4 is 20.5 Å². The number of benzene rings is 1. The smallest absolute Gasteiger partial charge is 0.231 e. The number of methoxy groups -OCH3 is 2. The monoisotopic (exact) mass is 252 g/mol. The first kappa shape index (κ1) is 14.3. The molecule has 100 valence electrons. The first-order chi connectivity index (χ1) is 8.51. The van der Waals surface area contributed by atoms with Crippen molar-refractivity contribution >= 4 is 5.91 Å². The molecule has 5 nitrogen and oxygen atoms in total. The number of ether oxygens (including phenoxy) is 2. The van der Waals surface area contributed by atoms with E-state index < -0.39 is 0 Å². The lowest BCUT2D eigenvalue weighted by molar-refractivity contribution is -0.117. The molecule has 1 aromatic rings. The van der Waals surface area contributed by atoms with E-state index in [1.165, 1.54) is 0 Å². The van der Waals surface area contributed by atoms with E-state index in [9.17, 15) is 4.79 Å². The summed E-state index contributed by atoms with van der Waals surface area (Å²) >= 11 is 0. The summed E-state index contributed by atoms with van der Waals surface area (Å²) in [6.07, 6.45) is 0. The molecular weight excluding hydrogens is 232 g/mol. The topological polar surface area (TPSA) is 73.6 Å². The molecule has 5 heteroatoms. The third kappa shape index (κ3) is 3.13. The molecular formula is C13H20N2O3. The van der Waals surface area contributed by atoms with Crippen molar-refractivity contribution in [2.75, 3.05) is 20.8 Å². The van der Waals surface area contributed by atoms with Crippen molar-refractivity contribution in [2.45, 2.75) is 20.4 Å². The standard InChI is InChI=1S/C13H20N2O3/c1-8-9(2)13(18-4)10(5-11(8)17-3)6-15-7-12(14)16/h5,15H,6-7H2,1-4H3,(H2,14,16). The van der Waals surface area contributed by atoms with Crippen LogP contribution in [0, 0.1) is 13.8 Å². The fraction of sp³-hybridized carbons (Fsp3) is 0.462. The minimum atomic E-state index is -0.384. The number of rotatable bonds is 6. The van der Waals surface area contributed by atoms with Gasteiger partial charge in [-0.1, -0.05) is 0 Å². The fourth-order valence-electron chi connectivity index (χ4n) is 1.88. The summed E-state index contributed by atoms with van der Waals surface area (Å²) in [7, 11) is 3.26.